The molecular formula is C22H18Cl2N4O2S. The topological polar surface area (TPSA) is 73.0 Å². The predicted molar refractivity (Wildman–Crippen MR) is 123 cm³/mol. The molecule has 0 unspecified atom stereocenters. The first kappa shape index (κ1) is 21.5. The van der Waals surface area contributed by atoms with E-state index in [1.54, 1.807) is 6.07 Å². The van der Waals surface area contributed by atoms with Gasteiger partial charge in [0, 0.05) is 23.2 Å². The molecule has 4 rings (SSSR count). The summed E-state index contributed by atoms with van der Waals surface area (Å²) in [6.45, 7) is 0.302. The number of furan rings is 1. The van der Waals surface area contributed by atoms with Crippen molar-refractivity contribution in [3.63, 3.8) is 0 Å². The second-order valence-corrected chi connectivity index (χ2v) is 8.47. The van der Waals surface area contributed by atoms with Crippen LogP contribution in [0.25, 0.3) is 22.7 Å². The zero-order valence-corrected chi connectivity index (χ0v) is 18.8. The highest BCUT2D eigenvalue weighted by Crippen LogP contribution is 2.28. The molecule has 0 aliphatic carbocycles. The molecule has 6 nitrogen and oxygen atoms in total. The van der Waals surface area contributed by atoms with Gasteiger partial charge in [0.05, 0.1) is 17.3 Å². The molecule has 0 spiro atoms. The SMILES string of the molecule is Cn1c(SCC(=O)NCc2ccc(-c3ccc(Cl)cc3)o2)nnc1-c1ccccc1Cl. The van der Waals surface area contributed by atoms with Gasteiger partial charge in [-0.25, -0.2) is 0 Å². The Bertz CT molecular complexity index is 1200. The van der Waals surface area contributed by atoms with E-state index >= 15 is 0 Å². The minimum absolute atomic E-state index is 0.128. The molecule has 0 aliphatic heterocycles. The zero-order valence-electron chi connectivity index (χ0n) is 16.5. The number of nitrogens with one attached hydrogen (secondary N) is 1. The van der Waals surface area contributed by atoms with Crippen LogP contribution >= 0.6 is 35.0 Å². The number of carbonyl (C=O) groups is 1. The van der Waals surface area contributed by atoms with Crippen molar-refractivity contribution in [3.05, 3.63) is 76.5 Å². The van der Waals surface area contributed by atoms with Gasteiger partial charge in [-0.1, -0.05) is 47.1 Å². The van der Waals surface area contributed by atoms with Crippen LogP contribution in [0, 0.1) is 0 Å². The molecule has 0 bridgehead atoms. The number of nitrogens with zero attached hydrogens (tertiary/aromatic N) is 3. The van der Waals surface area contributed by atoms with Crippen LogP contribution in [0.15, 0.2) is 70.2 Å². The Morgan fingerprint density at radius 2 is 1.84 bits per heavy atom. The van der Waals surface area contributed by atoms with Crippen LogP contribution in [0.5, 0.6) is 0 Å². The van der Waals surface area contributed by atoms with Gasteiger partial charge in [-0.3, -0.25) is 4.79 Å². The Balaban J connectivity index is 1.31. The van der Waals surface area contributed by atoms with Crippen LogP contribution in [0.1, 0.15) is 5.76 Å². The molecule has 9 heteroatoms. The number of hydrogen-bond donors (Lipinski definition) is 1. The average Bonchev–Trinajstić information content (AvgIpc) is 3.39. The van der Waals surface area contributed by atoms with Crippen LogP contribution < -0.4 is 5.32 Å². The molecule has 0 saturated carbocycles. The number of carbonyl (C=O) groups excluding carboxylic acids is 1. The van der Waals surface area contributed by atoms with E-state index in [-0.39, 0.29) is 11.7 Å². The Morgan fingerprint density at radius 3 is 2.61 bits per heavy atom. The average molecular weight is 473 g/mol. The number of halogens is 2. The number of aromatic nitrogens is 3. The normalized spacial score (nSPS) is 10.9. The molecule has 1 amide bonds. The van der Waals surface area contributed by atoms with Gasteiger partial charge in [-0.05, 0) is 48.5 Å². The van der Waals surface area contributed by atoms with Crippen LogP contribution in [0.3, 0.4) is 0 Å². The Hall–Kier alpha value is -2.74. The third-order valence-corrected chi connectivity index (χ3v) is 6.13. The Kier molecular flexibility index (Phi) is 6.65. The second-order valence-electron chi connectivity index (χ2n) is 6.68. The van der Waals surface area contributed by atoms with E-state index in [0.29, 0.717) is 33.3 Å². The van der Waals surface area contributed by atoms with E-state index in [4.69, 9.17) is 27.6 Å². The Morgan fingerprint density at radius 1 is 1.06 bits per heavy atom. The van der Waals surface area contributed by atoms with Crippen molar-refractivity contribution < 1.29 is 9.21 Å². The van der Waals surface area contributed by atoms with Gasteiger partial charge in [0.25, 0.3) is 0 Å². The molecule has 0 saturated heterocycles. The number of benzene rings is 2. The smallest absolute Gasteiger partial charge is 0.230 e. The fraction of sp³-hybridized carbons (Fsp3) is 0.136. The van der Waals surface area contributed by atoms with E-state index in [1.165, 1.54) is 11.8 Å². The van der Waals surface area contributed by atoms with Crippen LogP contribution in [0.2, 0.25) is 10.0 Å². The van der Waals surface area contributed by atoms with Gasteiger partial charge in [-0.15, -0.1) is 10.2 Å². The lowest BCUT2D eigenvalue weighted by Gasteiger charge is -2.06. The maximum atomic E-state index is 12.3. The number of rotatable bonds is 7. The molecule has 2 aromatic heterocycles. The highest BCUT2D eigenvalue weighted by molar-refractivity contribution is 7.99. The van der Waals surface area contributed by atoms with E-state index in [9.17, 15) is 4.79 Å². The first-order valence-electron chi connectivity index (χ1n) is 9.39. The second kappa shape index (κ2) is 9.60. The quantitative estimate of drug-likeness (QED) is 0.361. The minimum Gasteiger partial charge on any atom is -0.459 e. The third kappa shape index (κ3) is 5.12. The molecule has 4 aromatic rings. The molecule has 0 fully saturated rings. The lowest BCUT2D eigenvalue weighted by molar-refractivity contribution is -0.118. The number of hydrogen-bond acceptors (Lipinski definition) is 5. The predicted octanol–water partition coefficient (Wildman–Crippen LogP) is 5.46. The molecule has 0 aliphatic rings. The van der Waals surface area contributed by atoms with Crippen molar-refractivity contribution >= 4 is 40.9 Å². The van der Waals surface area contributed by atoms with Crippen molar-refractivity contribution in [1.29, 1.82) is 0 Å². The van der Waals surface area contributed by atoms with Crippen LogP contribution in [-0.2, 0) is 18.4 Å². The van der Waals surface area contributed by atoms with E-state index in [1.807, 2.05) is 66.2 Å². The molecule has 2 heterocycles. The van der Waals surface area contributed by atoms with Crippen molar-refractivity contribution in [2.45, 2.75) is 11.7 Å². The molecule has 2 aromatic carbocycles. The third-order valence-electron chi connectivity index (χ3n) is 4.53. The maximum Gasteiger partial charge on any atom is 0.230 e. The molecule has 1 N–H and O–H groups in total. The summed E-state index contributed by atoms with van der Waals surface area (Å²) in [5.41, 5.74) is 1.72. The van der Waals surface area contributed by atoms with E-state index < -0.39 is 0 Å². The molecular weight excluding hydrogens is 455 g/mol. The highest BCUT2D eigenvalue weighted by Gasteiger charge is 2.15. The first-order valence-corrected chi connectivity index (χ1v) is 11.1. The van der Waals surface area contributed by atoms with Gasteiger partial charge >= 0.3 is 0 Å². The van der Waals surface area contributed by atoms with Crippen molar-refractivity contribution in [2.75, 3.05) is 5.75 Å². The summed E-state index contributed by atoms with van der Waals surface area (Å²) in [5, 5.41) is 13.1. The van der Waals surface area contributed by atoms with E-state index in [2.05, 4.69) is 15.5 Å². The summed E-state index contributed by atoms with van der Waals surface area (Å²) in [6, 6.07) is 18.5. The molecule has 31 heavy (non-hydrogen) atoms. The lowest BCUT2D eigenvalue weighted by Crippen LogP contribution is -2.24. The molecule has 158 valence electrons. The van der Waals surface area contributed by atoms with Crippen LogP contribution in [0.4, 0.5) is 0 Å². The monoisotopic (exact) mass is 472 g/mol. The fourth-order valence-electron chi connectivity index (χ4n) is 2.93. The summed E-state index contributed by atoms with van der Waals surface area (Å²) in [4.78, 5) is 12.3. The zero-order chi connectivity index (χ0) is 21.8. The van der Waals surface area contributed by atoms with Gasteiger partial charge in [0.1, 0.15) is 11.5 Å². The first-order chi connectivity index (χ1) is 15.0. The maximum absolute atomic E-state index is 12.3. The molecule has 0 atom stereocenters. The summed E-state index contributed by atoms with van der Waals surface area (Å²) >= 11 is 13.5. The summed E-state index contributed by atoms with van der Waals surface area (Å²) in [6.07, 6.45) is 0. The van der Waals surface area contributed by atoms with Gasteiger partial charge in [0.2, 0.25) is 5.91 Å². The van der Waals surface area contributed by atoms with Gasteiger partial charge < -0.3 is 14.3 Å². The highest BCUT2D eigenvalue weighted by atomic mass is 35.5. The van der Waals surface area contributed by atoms with Crippen molar-refractivity contribution in [2.24, 2.45) is 7.05 Å². The minimum atomic E-state index is -0.128. The largest absolute Gasteiger partial charge is 0.459 e. The summed E-state index contributed by atoms with van der Waals surface area (Å²) in [7, 11) is 1.85. The standard InChI is InChI=1S/C22H18Cl2N4O2S/c1-28-21(17-4-2-3-5-18(17)24)26-27-22(28)31-13-20(29)25-12-16-10-11-19(30-16)14-6-8-15(23)9-7-14/h2-11H,12-13H2,1H3,(H,25,29). The van der Waals surface area contributed by atoms with Crippen LogP contribution in [-0.4, -0.2) is 26.4 Å². The van der Waals surface area contributed by atoms with E-state index in [0.717, 1.165) is 16.9 Å². The number of amides is 1. The summed E-state index contributed by atoms with van der Waals surface area (Å²) in [5.74, 6) is 2.12. The van der Waals surface area contributed by atoms with Gasteiger partial charge in [0.15, 0.2) is 11.0 Å². The van der Waals surface area contributed by atoms with Crippen molar-refractivity contribution in [1.82, 2.24) is 20.1 Å². The van der Waals surface area contributed by atoms with Crippen molar-refractivity contribution in [3.8, 4) is 22.7 Å². The number of thioether (sulfide) groups is 1. The lowest BCUT2D eigenvalue weighted by atomic mass is 10.2. The molecule has 0 radical (unpaired) electrons. The van der Waals surface area contributed by atoms with Gasteiger partial charge in [-0.2, -0.15) is 0 Å². The Labute approximate surface area is 193 Å². The fourth-order valence-corrected chi connectivity index (χ4v) is 4.01. The summed E-state index contributed by atoms with van der Waals surface area (Å²) < 4.78 is 7.63.